The fraction of sp³-hybridized carbons (Fsp3) is 0.250. The molecule has 2 N–H and O–H groups in total. The number of carbonyl (C=O) groups is 2. The van der Waals surface area contributed by atoms with Crippen LogP contribution in [0.15, 0.2) is 54.6 Å². The number of aliphatic carboxylic acids is 1. The molecule has 26 heavy (non-hydrogen) atoms. The summed E-state index contributed by atoms with van der Waals surface area (Å²) in [5, 5.41) is 21.3. The Balaban J connectivity index is 2.06. The number of nitriles is 1. The van der Waals surface area contributed by atoms with Gasteiger partial charge in [0.1, 0.15) is 17.2 Å². The fourth-order valence-corrected chi connectivity index (χ4v) is 2.42. The van der Waals surface area contributed by atoms with E-state index in [-0.39, 0.29) is 6.54 Å². The summed E-state index contributed by atoms with van der Waals surface area (Å²) < 4.78 is 5.55. The summed E-state index contributed by atoms with van der Waals surface area (Å²) >= 11 is 0. The van der Waals surface area contributed by atoms with Gasteiger partial charge in [0, 0.05) is 6.54 Å². The van der Waals surface area contributed by atoms with E-state index in [4.69, 9.17) is 10.00 Å². The van der Waals surface area contributed by atoms with Gasteiger partial charge in [0.2, 0.25) is 0 Å². The SMILES string of the molecule is CC(Oc1ccccc1C#N)C(=O)NCC(C)(C(=O)O)c1ccccc1. The summed E-state index contributed by atoms with van der Waals surface area (Å²) in [5.74, 6) is -1.18. The summed E-state index contributed by atoms with van der Waals surface area (Å²) in [6, 6.07) is 17.3. The molecule has 0 fully saturated rings. The highest BCUT2D eigenvalue weighted by atomic mass is 16.5. The first-order chi connectivity index (χ1) is 12.4. The van der Waals surface area contributed by atoms with Gasteiger partial charge in [-0.25, -0.2) is 0 Å². The quantitative estimate of drug-likeness (QED) is 0.797. The first-order valence-electron chi connectivity index (χ1n) is 8.11. The molecule has 0 spiro atoms. The van der Waals surface area contributed by atoms with Crippen molar-refractivity contribution in [2.24, 2.45) is 0 Å². The maximum atomic E-state index is 12.3. The van der Waals surface area contributed by atoms with Crippen LogP contribution in [0.1, 0.15) is 25.0 Å². The first-order valence-corrected chi connectivity index (χ1v) is 8.11. The Labute approximate surface area is 152 Å². The number of benzene rings is 2. The molecule has 0 aromatic heterocycles. The number of carboxylic acid groups (broad SMARTS) is 1. The molecule has 134 valence electrons. The largest absolute Gasteiger partial charge is 0.481 e. The molecule has 6 nitrogen and oxygen atoms in total. The van der Waals surface area contributed by atoms with Gasteiger partial charge in [0.05, 0.1) is 5.56 Å². The minimum absolute atomic E-state index is 0.0845. The highest BCUT2D eigenvalue weighted by molar-refractivity contribution is 5.84. The number of carbonyl (C=O) groups excluding carboxylic acids is 1. The van der Waals surface area contributed by atoms with Crippen LogP contribution in [-0.2, 0) is 15.0 Å². The number of nitrogens with one attached hydrogen (secondary N) is 1. The number of nitrogens with zero attached hydrogens (tertiary/aromatic N) is 1. The molecule has 2 atom stereocenters. The van der Waals surface area contributed by atoms with Crippen LogP contribution in [0.5, 0.6) is 5.75 Å². The fourth-order valence-electron chi connectivity index (χ4n) is 2.42. The number of amides is 1. The molecule has 0 bridgehead atoms. The average Bonchev–Trinajstić information content (AvgIpc) is 2.66. The van der Waals surface area contributed by atoms with Crippen LogP contribution in [-0.4, -0.2) is 29.6 Å². The van der Waals surface area contributed by atoms with E-state index in [0.717, 1.165) is 0 Å². The zero-order chi connectivity index (χ0) is 19.2. The average molecular weight is 352 g/mol. The van der Waals surface area contributed by atoms with Crippen molar-refractivity contribution in [2.75, 3.05) is 6.54 Å². The minimum atomic E-state index is -1.26. The van der Waals surface area contributed by atoms with Crippen LogP contribution in [0, 0.1) is 11.3 Å². The van der Waals surface area contributed by atoms with Crippen LogP contribution >= 0.6 is 0 Å². The van der Waals surface area contributed by atoms with Gasteiger partial charge >= 0.3 is 5.97 Å². The van der Waals surface area contributed by atoms with Crippen molar-refractivity contribution in [1.29, 1.82) is 5.26 Å². The van der Waals surface area contributed by atoms with Crippen LogP contribution in [0.25, 0.3) is 0 Å². The van der Waals surface area contributed by atoms with E-state index in [0.29, 0.717) is 16.9 Å². The van der Waals surface area contributed by atoms with Crippen molar-refractivity contribution in [3.63, 3.8) is 0 Å². The second-order valence-corrected chi connectivity index (χ2v) is 6.09. The molecule has 6 heteroatoms. The number of hydrogen-bond acceptors (Lipinski definition) is 4. The Bertz CT molecular complexity index is 829. The molecule has 0 saturated heterocycles. The standard InChI is InChI=1S/C20H20N2O4/c1-14(26-17-11-7-6-8-15(17)12-21)18(23)22-13-20(2,19(24)25)16-9-4-3-5-10-16/h3-11,14H,13H2,1-2H3,(H,22,23)(H,24,25). The third-order valence-corrected chi connectivity index (χ3v) is 4.18. The van der Waals surface area contributed by atoms with Gasteiger partial charge in [0.25, 0.3) is 5.91 Å². The van der Waals surface area contributed by atoms with Gasteiger partial charge in [-0.05, 0) is 31.5 Å². The molecule has 0 saturated carbocycles. The predicted octanol–water partition coefficient (Wildman–Crippen LogP) is 2.48. The monoisotopic (exact) mass is 352 g/mol. The van der Waals surface area contributed by atoms with E-state index < -0.39 is 23.4 Å². The predicted molar refractivity (Wildman–Crippen MR) is 95.7 cm³/mol. The summed E-state index contributed by atoms with van der Waals surface area (Å²) in [5.41, 5.74) is -0.343. The third kappa shape index (κ3) is 4.19. The van der Waals surface area contributed by atoms with E-state index in [1.54, 1.807) is 68.4 Å². The Morgan fingerprint density at radius 1 is 1.19 bits per heavy atom. The van der Waals surface area contributed by atoms with Crippen LogP contribution in [0.4, 0.5) is 0 Å². The zero-order valence-electron chi connectivity index (χ0n) is 14.6. The van der Waals surface area contributed by atoms with Gasteiger partial charge < -0.3 is 15.2 Å². The van der Waals surface area contributed by atoms with E-state index in [1.165, 1.54) is 0 Å². The molecule has 2 aromatic carbocycles. The second-order valence-electron chi connectivity index (χ2n) is 6.09. The van der Waals surface area contributed by atoms with E-state index >= 15 is 0 Å². The van der Waals surface area contributed by atoms with Crippen molar-refractivity contribution in [3.05, 3.63) is 65.7 Å². The number of hydrogen-bond donors (Lipinski definition) is 2. The maximum absolute atomic E-state index is 12.3. The number of carboxylic acids is 1. The molecule has 0 aliphatic carbocycles. The Kier molecular flexibility index (Phi) is 5.97. The van der Waals surface area contributed by atoms with E-state index in [2.05, 4.69) is 5.32 Å². The Morgan fingerprint density at radius 3 is 2.42 bits per heavy atom. The van der Waals surface area contributed by atoms with Crippen LogP contribution in [0.3, 0.4) is 0 Å². The van der Waals surface area contributed by atoms with E-state index in [9.17, 15) is 14.7 Å². The Hall–Kier alpha value is -3.33. The highest BCUT2D eigenvalue weighted by Crippen LogP contribution is 2.23. The topological polar surface area (TPSA) is 99.4 Å². The molecular weight excluding hydrogens is 332 g/mol. The zero-order valence-corrected chi connectivity index (χ0v) is 14.6. The smallest absolute Gasteiger partial charge is 0.315 e. The molecule has 2 aromatic rings. The lowest BCUT2D eigenvalue weighted by Crippen LogP contribution is -2.47. The third-order valence-electron chi connectivity index (χ3n) is 4.18. The van der Waals surface area contributed by atoms with Crippen molar-refractivity contribution < 1.29 is 19.4 Å². The molecule has 2 rings (SSSR count). The molecule has 0 radical (unpaired) electrons. The Morgan fingerprint density at radius 2 is 1.81 bits per heavy atom. The molecule has 0 aliphatic heterocycles. The van der Waals surface area contributed by atoms with Gasteiger partial charge in [-0.15, -0.1) is 0 Å². The van der Waals surface area contributed by atoms with Crippen molar-refractivity contribution in [3.8, 4) is 11.8 Å². The summed E-state index contributed by atoms with van der Waals surface area (Å²) in [4.78, 5) is 24.1. The molecular formula is C20H20N2O4. The van der Waals surface area contributed by atoms with Crippen molar-refractivity contribution in [1.82, 2.24) is 5.32 Å². The molecule has 0 aliphatic rings. The highest BCUT2D eigenvalue weighted by Gasteiger charge is 2.36. The minimum Gasteiger partial charge on any atom is -0.481 e. The summed E-state index contributed by atoms with van der Waals surface area (Å²) in [6.45, 7) is 3.02. The molecule has 1 amide bonds. The first kappa shape index (κ1) is 19.0. The van der Waals surface area contributed by atoms with Crippen LogP contribution < -0.4 is 10.1 Å². The van der Waals surface area contributed by atoms with Gasteiger partial charge in [-0.1, -0.05) is 42.5 Å². The normalized spacial score (nSPS) is 13.7. The lowest BCUT2D eigenvalue weighted by atomic mass is 9.82. The van der Waals surface area contributed by atoms with Crippen molar-refractivity contribution in [2.45, 2.75) is 25.4 Å². The maximum Gasteiger partial charge on any atom is 0.315 e. The number of ether oxygens (including phenoxy) is 1. The van der Waals surface area contributed by atoms with Gasteiger partial charge in [-0.3, -0.25) is 9.59 Å². The summed E-state index contributed by atoms with van der Waals surface area (Å²) in [6.07, 6.45) is -0.877. The number of para-hydroxylation sites is 1. The van der Waals surface area contributed by atoms with E-state index in [1.807, 2.05) is 6.07 Å². The summed E-state index contributed by atoms with van der Waals surface area (Å²) in [7, 11) is 0. The van der Waals surface area contributed by atoms with Gasteiger partial charge in [-0.2, -0.15) is 5.26 Å². The lowest BCUT2D eigenvalue weighted by molar-refractivity contribution is -0.143. The molecule has 2 unspecified atom stereocenters. The molecule has 0 heterocycles. The van der Waals surface area contributed by atoms with Gasteiger partial charge in [0.15, 0.2) is 6.10 Å². The second kappa shape index (κ2) is 8.17. The van der Waals surface area contributed by atoms with Crippen molar-refractivity contribution >= 4 is 11.9 Å². The number of rotatable bonds is 7. The van der Waals surface area contributed by atoms with Crippen LogP contribution in [0.2, 0.25) is 0 Å². The lowest BCUT2D eigenvalue weighted by Gasteiger charge is -2.26.